The third kappa shape index (κ3) is 2.38. The predicted octanol–water partition coefficient (Wildman–Crippen LogP) is 3.58. The van der Waals surface area contributed by atoms with Gasteiger partial charge in [0.2, 0.25) is 5.28 Å². The number of morpholine rings is 1. The van der Waals surface area contributed by atoms with Crippen LogP contribution in [-0.4, -0.2) is 35.3 Å². The van der Waals surface area contributed by atoms with Gasteiger partial charge < -0.3 is 9.64 Å². The van der Waals surface area contributed by atoms with Crippen LogP contribution in [0.2, 0.25) is 5.28 Å². The summed E-state index contributed by atoms with van der Waals surface area (Å²) in [4.78, 5) is 13.4. The quantitative estimate of drug-likeness (QED) is 0.755. The molecule has 0 bridgehead atoms. The van der Waals surface area contributed by atoms with Gasteiger partial charge in [0, 0.05) is 18.0 Å². The van der Waals surface area contributed by atoms with Crippen molar-refractivity contribution >= 4 is 39.0 Å². The van der Waals surface area contributed by atoms with Crippen molar-refractivity contribution in [1.82, 2.24) is 9.97 Å². The van der Waals surface area contributed by atoms with Gasteiger partial charge in [-0.15, -0.1) is 11.3 Å². The van der Waals surface area contributed by atoms with E-state index in [1.165, 1.54) is 10.4 Å². The summed E-state index contributed by atoms with van der Waals surface area (Å²) in [5.74, 6) is 0.948. The van der Waals surface area contributed by atoms with E-state index in [0.717, 1.165) is 29.1 Å². The van der Waals surface area contributed by atoms with Gasteiger partial charge in [0.05, 0.1) is 17.6 Å². The fraction of sp³-hybridized carbons (Fsp3) is 0.571. The average molecular weight is 312 g/mol. The molecule has 0 radical (unpaired) electrons. The molecule has 6 heteroatoms. The van der Waals surface area contributed by atoms with Gasteiger partial charge in [-0.1, -0.05) is 0 Å². The van der Waals surface area contributed by atoms with Gasteiger partial charge in [-0.05, 0) is 44.9 Å². The molecule has 1 fully saturated rings. The van der Waals surface area contributed by atoms with E-state index in [1.54, 1.807) is 11.3 Å². The Kier molecular flexibility index (Phi) is 3.60. The first-order chi connectivity index (χ1) is 9.45. The molecule has 0 amide bonds. The summed E-state index contributed by atoms with van der Waals surface area (Å²) in [6, 6.07) is 0. The molecule has 3 rings (SSSR count). The molecule has 0 N–H and O–H groups in total. The second-order valence-corrected chi connectivity index (χ2v) is 6.98. The molecule has 3 heterocycles. The van der Waals surface area contributed by atoms with Crippen LogP contribution in [0.5, 0.6) is 0 Å². The van der Waals surface area contributed by atoms with Crippen molar-refractivity contribution in [2.75, 3.05) is 18.0 Å². The van der Waals surface area contributed by atoms with Crippen LogP contribution in [0.15, 0.2) is 0 Å². The van der Waals surface area contributed by atoms with Crippen LogP contribution in [-0.2, 0) is 4.74 Å². The molecule has 1 saturated heterocycles. The standard InChI is InChI=1S/C14H18ClN3OS/c1-7-5-18(6-8(2)19-7)12-11-9(3)10(4)20-13(11)17-14(15)16-12/h7-8H,5-6H2,1-4H3. The van der Waals surface area contributed by atoms with Crippen molar-refractivity contribution in [3.05, 3.63) is 15.7 Å². The lowest BCUT2D eigenvalue weighted by molar-refractivity contribution is -0.00537. The van der Waals surface area contributed by atoms with E-state index in [0.29, 0.717) is 5.28 Å². The molecule has 0 aliphatic carbocycles. The maximum atomic E-state index is 6.10. The Morgan fingerprint density at radius 3 is 2.50 bits per heavy atom. The number of fused-ring (bicyclic) bond motifs is 1. The lowest BCUT2D eigenvalue weighted by atomic mass is 10.1. The molecule has 0 aromatic carbocycles. The Hall–Kier alpha value is -0.910. The van der Waals surface area contributed by atoms with E-state index in [9.17, 15) is 0 Å². The SMILES string of the molecule is Cc1sc2nc(Cl)nc(N3CC(C)OC(C)C3)c2c1C. The molecule has 20 heavy (non-hydrogen) atoms. The zero-order valence-corrected chi connectivity index (χ0v) is 13.7. The van der Waals surface area contributed by atoms with Crippen LogP contribution < -0.4 is 4.90 Å². The lowest BCUT2D eigenvalue weighted by Gasteiger charge is -2.36. The van der Waals surface area contributed by atoms with Crippen LogP contribution in [0, 0.1) is 13.8 Å². The summed E-state index contributed by atoms with van der Waals surface area (Å²) in [7, 11) is 0. The van der Waals surface area contributed by atoms with Crippen molar-refractivity contribution in [3.63, 3.8) is 0 Å². The Bertz CT molecular complexity index is 647. The topological polar surface area (TPSA) is 38.2 Å². The Morgan fingerprint density at radius 1 is 1.20 bits per heavy atom. The molecule has 2 unspecified atom stereocenters. The van der Waals surface area contributed by atoms with Crippen molar-refractivity contribution < 1.29 is 4.74 Å². The molecule has 4 nitrogen and oxygen atoms in total. The summed E-state index contributed by atoms with van der Waals surface area (Å²) in [5.41, 5.74) is 1.25. The highest BCUT2D eigenvalue weighted by molar-refractivity contribution is 7.18. The van der Waals surface area contributed by atoms with E-state index in [-0.39, 0.29) is 12.2 Å². The molecule has 2 aromatic rings. The van der Waals surface area contributed by atoms with Gasteiger partial charge in [-0.25, -0.2) is 4.98 Å². The zero-order chi connectivity index (χ0) is 14.4. The van der Waals surface area contributed by atoms with Crippen molar-refractivity contribution in [2.24, 2.45) is 0 Å². The lowest BCUT2D eigenvalue weighted by Crippen LogP contribution is -2.46. The highest BCUT2D eigenvalue weighted by Gasteiger charge is 2.26. The summed E-state index contributed by atoms with van der Waals surface area (Å²) in [5, 5.41) is 1.46. The summed E-state index contributed by atoms with van der Waals surface area (Å²) < 4.78 is 5.80. The number of thiophene rings is 1. The Morgan fingerprint density at radius 2 is 1.85 bits per heavy atom. The number of ether oxygens (including phenoxy) is 1. The third-order valence-corrected chi connectivity index (χ3v) is 4.97. The number of hydrogen-bond donors (Lipinski definition) is 0. The molecule has 2 aromatic heterocycles. The predicted molar refractivity (Wildman–Crippen MR) is 84.1 cm³/mol. The fourth-order valence-electron chi connectivity index (χ4n) is 2.78. The molecule has 1 aliphatic heterocycles. The maximum Gasteiger partial charge on any atom is 0.225 e. The van der Waals surface area contributed by atoms with Crippen LogP contribution in [0.25, 0.3) is 10.2 Å². The molecule has 0 saturated carbocycles. The minimum absolute atomic E-state index is 0.197. The smallest absolute Gasteiger partial charge is 0.225 e. The first-order valence-electron chi connectivity index (χ1n) is 6.79. The van der Waals surface area contributed by atoms with Crippen molar-refractivity contribution in [2.45, 2.75) is 39.9 Å². The van der Waals surface area contributed by atoms with Gasteiger partial charge >= 0.3 is 0 Å². The number of aromatic nitrogens is 2. The molecule has 108 valence electrons. The number of rotatable bonds is 1. The summed E-state index contributed by atoms with van der Waals surface area (Å²) in [6.07, 6.45) is 0.394. The van der Waals surface area contributed by atoms with E-state index in [1.807, 2.05) is 0 Å². The van der Waals surface area contributed by atoms with Crippen LogP contribution in [0.4, 0.5) is 5.82 Å². The van der Waals surface area contributed by atoms with Crippen LogP contribution >= 0.6 is 22.9 Å². The largest absolute Gasteiger partial charge is 0.372 e. The van der Waals surface area contributed by atoms with E-state index in [4.69, 9.17) is 16.3 Å². The number of anilines is 1. The molecular formula is C14H18ClN3OS. The van der Waals surface area contributed by atoms with Crippen LogP contribution in [0.1, 0.15) is 24.3 Å². The molecule has 0 spiro atoms. The van der Waals surface area contributed by atoms with Crippen molar-refractivity contribution in [3.8, 4) is 0 Å². The average Bonchev–Trinajstić information content (AvgIpc) is 2.62. The van der Waals surface area contributed by atoms with E-state index >= 15 is 0 Å². The second-order valence-electron chi connectivity index (χ2n) is 5.44. The highest BCUT2D eigenvalue weighted by Crippen LogP contribution is 2.36. The molecule has 1 aliphatic rings. The Labute approximate surface area is 127 Å². The fourth-order valence-corrected chi connectivity index (χ4v) is 4.02. The van der Waals surface area contributed by atoms with Gasteiger partial charge in [0.15, 0.2) is 0 Å². The second kappa shape index (κ2) is 5.13. The normalized spacial score (nSPS) is 23.6. The highest BCUT2D eigenvalue weighted by atomic mass is 35.5. The van der Waals surface area contributed by atoms with Crippen LogP contribution in [0.3, 0.4) is 0 Å². The maximum absolute atomic E-state index is 6.10. The first kappa shape index (κ1) is 14.0. The minimum Gasteiger partial charge on any atom is -0.372 e. The molecule has 2 atom stereocenters. The van der Waals surface area contributed by atoms with Gasteiger partial charge in [0.1, 0.15) is 10.6 Å². The summed E-state index contributed by atoms with van der Waals surface area (Å²) in [6.45, 7) is 10.1. The third-order valence-electron chi connectivity index (χ3n) is 3.70. The van der Waals surface area contributed by atoms with Crippen molar-refractivity contribution in [1.29, 1.82) is 0 Å². The van der Waals surface area contributed by atoms with Gasteiger partial charge in [-0.2, -0.15) is 4.98 Å². The molecular weight excluding hydrogens is 294 g/mol. The first-order valence-corrected chi connectivity index (χ1v) is 7.98. The van der Waals surface area contributed by atoms with E-state index in [2.05, 4.69) is 42.6 Å². The number of halogens is 1. The van der Waals surface area contributed by atoms with Gasteiger partial charge in [0.25, 0.3) is 0 Å². The monoisotopic (exact) mass is 311 g/mol. The zero-order valence-electron chi connectivity index (χ0n) is 12.1. The van der Waals surface area contributed by atoms with E-state index < -0.39 is 0 Å². The number of aryl methyl sites for hydroxylation is 2. The number of hydrogen-bond acceptors (Lipinski definition) is 5. The number of nitrogens with zero attached hydrogens (tertiary/aromatic N) is 3. The Balaban J connectivity index is 2.14. The summed E-state index contributed by atoms with van der Waals surface area (Å²) >= 11 is 7.78. The van der Waals surface area contributed by atoms with Gasteiger partial charge in [-0.3, -0.25) is 0 Å². The minimum atomic E-state index is 0.197.